The first kappa shape index (κ1) is 25.3. The van der Waals surface area contributed by atoms with Crippen LogP contribution in [0.15, 0.2) is 77.7 Å². The van der Waals surface area contributed by atoms with E-state index in [1.54, 1.807) is 42.5 Å². The number of carbonyl (C=O) groups excluding carboxylic acids is 1. The van der Waals surface area contributed by atoms with Crippen LogP contribution in [0, 0.1) is 13.8 Å². The highest BCUT2D eigenvalue weighted by atomic mass is 32.2. The molecule has 0 atom stereocenters. The molecule has 0 saturated carbocycles. The summed E-state index contributed by atoms with van der Waals surface area (Å²) in [6.07, 6.45) is 2.12. The topological polar surface area (TPSA) is 75.7 Å². The molecule has 1 N–H and O–H groups in total. The zero-order chi connectivity index (χ0) is 24.6. The van der Waals surface area contributed by atoms with Crippen molar-refractivity contribution in [1.82, 2.24) is 5.32 Å². The second kappa shape index (κ2) is 11.7. The quantitative estimate of drug-likeness (QED) is 0.406. The first-order valence-electron chi connectivity index (χ1n) is 11.4. The number of nitrogens with zero attached hydrogens (tertiary/aromatic N) is 1. The lowest BCUT2D eigenvalue weighted by atomic mass is 10.1. The smallest absolute Gasteiger partial charge is 0.264 e. The number of carbonyl (C=O) groups is 1. The molecule has 0 saturated heterocycles. The van der Waals surface area contributed by atoms with Gasteiger partial charge in [0.2, 0.25) is 5.91 Å². The standard InChI is InChI=1S/C27H32N2O4S/c1-4-6-23-11-13-25(14-12-23)33-18-17-28-27(30)20-29(24-8-5-7-22(3)19-24)34(31,32)26-15-9-21(2)10-16-26/h5,7-16,19H,4,6,17-18,20H2,1-3H3,(H,28,30). The molecule has 0 aromatic heterocycles. The summed E-state index contributed by atoms with van der Waals surface area (Å²) >= 11 is 0. The molecule has 0 unspecified atom stereocenters. The number of benzene rings is 3. The molecule has 6 nitrogen and oxygen atoms in total. The van der Waals surface area contributed by atoms with E-state index >= 15 is 0 Å². The molecule has 34 heavy (non-hydrogen) atoms. The Labute approximate surface area is 202 Å². The van der Waals surface area contributed by atoms with Gasteiger partial charge in [-0.3, -0.25) is 9.10 Å². The van der Waals surface area contributed by atoms with Crippen molar-refractivity contribution in [3.8, 4) is 5.75 Å². The van der Waals surface area contributed by atoms with Gasteiger partial charge in [0.15, 0.2) is 0 Å². The summed E-state index contributed by atoms with van der Waals surface area (Å²) < 4.78 is 33.6. The largest absolute Gasteiger partial charge is 0.492 e. The van der Waals surface area contributed by atoms with Crippen LogP contribution in [0.25, 0.3) is 0 Å². The molecule has 3 rings (SSSR count). The van der Waals surface area contributed by atoms with Crippen molar-refractivity contribution in [3.63, 3.8) is 0 Å². The van der Waals surface area contributed by atoms with Gasteiger partial charge >= 0.3 is 0 Å². The fourth-order valence-corrected chi connectivity index (χ4v) is 4.94. The molecule has 0 spiro atoms. The Morgan fingerprint density at radius 2 is 1.65 bits per heavy atom. The maximum atomic E-state index is 13.4. The fourth-order valence-electron chi connectivity index (χ4n) is 3.52. The predicted molar refractivity (Wildman–Crippen MR) is 136 cm³/mol. The Kier molecular flexibility index (Phi) is 8.71. The zero-order valence-corrected chi connectivity index (χ0v) is 20.8. The SMILES string of the molecule is CCCc1ccc(OCCNC(=O)CN(c2cccc(C)c2)S(=O)(=O)c2ccc(C)cc2)cc1. The van der Waals surface area contributed by atoms with Gasteiger partial charge in [0.1, 0.15) is 18.9 Å². The predicted octanol–water partition coefficient (Wildman–Crippen LogP) is 4.65. The lowest BCUT2D eigenvalue weighted by molar-refractivity contribution is -0.119. The maximum Gasteiger partial charge on any atom is 0.264 e. The Balaban J connectivity index is 1.65. The minimum Gasteiger partial charge on any atom is -0.492 e. The monoisotopic (exact) mass is 480 g/mol. The Hall–Kier alpha value is -3.32. The number of hydrogen-bond acceptors (Lipinski definition) is 4. The van der Waals surface area contributed by atoms with Gasteiger partial charge in [-0.05, 0) is 67.8 Å². The number of sulfonamides is 1. The van der Waals surface area contributed by atoms with E-state index in [1.807, 2.05) is 44.2 Å². The molecule has 0 fully saturated rings. The number of ether oxygens (including phenoxy) is 1. The highest BCUT2D eigenvalue weighted by molar-refractivity contribution is 7.92. The third-order valence-electron chi connectivity index (χ3n) is 5.34. The number of anilines is 1. The molecule has 0 aliphatic rings. The number of amides is 1. The fraction of sp³-hybridized carbons (Fsp3) is 0.296. The molecule has 1 amide bonds. The number of rotatable bonds is 11. The van der Waals surface area contributed by atoms with Crippen molar-refractivity contribution < 1.29 is 17.9 Å². The van der Waals surface area contributed by atoms with E-state index in [0.29, 0.717) is 5.69 Å². The van der Waals surface area contributed by atoms with Gasteiger partial charge in [-0.15, -0.1) is 0 Å². The second-order valence-electron chi connectivity index (χ2n) is 8.26. The normalized spacial score (nSPS) is 11.1. The summed E-state index contributed by atoms with van der Waals surface area (Å²) in [5.41, 5.74) is 3.56. The van der Waals surface area contributed by atoms with Crippen molar-refractivity contribution in [2.24, 2.45) is 0 Å². The molecule has 0 bridgehead atoms. The third kappa shape index (κ3) is 6.84. The van der Waals surface area contributed by atoms with E-state index in [1.165, 1.54) is 5.56 Å². The van der Waals surface area contributed by atoms with Crippen LogP contribution in [-0.4, -0.2) is 34.0 Å². The molecule has 180 valence electrons. The van der Waals surface area contributed by atoms with E-state index in [2.05, 4.69) is 12.2 Å². The highest BCUT2D eigenvalue weighted by Gasteiger charge is 2.27. The van der Waals surface area contributed by atoms with Gasteiger partial charge in [-0.1, -0.05) is 55.3 Å². The first-order chi connectivity index (χ1) is 16.3. The minimum absolute atomic E-state index is 0.141. The van der Waals surface area contributed by atoms with Crippen LogP contribution in [0.2, 0.25) is 0 Å². The third-order valence-corrected chi connectivity index (χ3v) is 7.13. The van der Waals surface area contributed by atoms with Crippen molar-refractivity contribution in [1.29, 1.82) is 0 Å². The van der Waals surface area contributed by atoms with E-state index in [-0.39, 0.29) is 24.6 Å². The second-order valence-corrected chi connectivity index (χ2v) is 10.1. The summed E-state index contributed by atoms with van der Waals surface area (Å²) in [6, 6.07) is 21.6. The Morgan fingerprint density at radius 3 is 2.29 bits per heavy atom. The maximum absolute atomic E-state index is 13.4. The number of aryl methyl sites for hydroxylation is 3. The summed E-state index contributed by atoms with van der Waals surface area (Å²) in [4.78, 5) is 12.8. The van der Waals surface area contributed by atoms with Gasteiger partial charge in [0, 0.05) is 0 Å². The Morgan fingerprint density at radius 1 is 0.941 bits per heavy atom. The average Bonchev–Trinajstić information content (AvgIpc) is 2.82. The zero-order valence-electron chi connectivity index (χ0n) is 20.0. The van der Waals surface area contributed by atoms with Crippen LogP contribution >= 0.6 is 0 Å². The van der Waals surface area contributed by atoms with Crippen molar-refractivity contribution >= 4 is 21.6 Å². The minimum atomic E-state index is -3.92. The van der Waals surface area contributed by atoms with Crippen LogP contribution in [0.1, 0.15) is 30.0 Å². The molecule has 0 heterocycles. The molecule has 3 aromatic carbocycles. The summed E-state index contributed by atoms with van der Waals surface area (Å²) in [7, 11) is -3.92. The van der Waals surface area contributed by atoms with Crippen LogP contribution in [0.3, 0.4) is 0 Å². The highest BCUT2D eigenvalue weighted by Crippen LogP contribution is 2.24. The Bertz CT molecular complexity index is 1190. The van der Waals surface area contributed by atoms with Crippen LogP contribution < -0.4 is 14.4 Å². The van der Waals surface area contributed by atoms with Gasteiger partial charge in [0.05, 0.1) is 17.1 Å². The molecular formula is C27H32N2O4S. The molecule has 0 aliphatic carbocycles. The van der Waals surface area contributed by atoms with E-state index in [9.17, 15) is 13.2 Å². The molecule has 7 heteroatoms. The van der Waals surface area contributed by atoms with Gasteiger partial charge in [-0.25, -0.2) is 8.42 Å². The first-order valence-corrected chi connectivity index (χ1v) is 12.9. The van der Waals surface area contributed by atoms with Crippen LogP contribution in [0.5, 0.6) is 5.75 Å². The van der Waals surface area contributed by atoms with Crippen molar-refractivity contribution in [2.75, 3.05) is 24.0 Å². The number of nitrogens with one attached hydrogen (secondary N) is 1. The molecule has 0 radical (unpaired) electrons. The average molecular weight is 481 g/mol. The summed E-state index contributed by atoms with van der Waals surface area (Å²) in [5, 5.41) is 2.76. The lowest BCUT2D eigenvalue weighted by Gasteiger charge is -2.24. The lowest BCUT2D eigenvalue weighted by Crippen LogP contribution is -2.42. The molecule has 3 aromatic rings. The van der Waals surface area contributed by atoms with Gasteiger partial charge < -0.3 is 10.1 Å². The summed E-state index contributed by atoms with van der Waals surface area (Å²) in [5.74, 6) is 0.330. The molecular weight excluding hydrogens is 448 g/mol. The van der Waals surface area contributed by atoms with Gasteiger partial charge in [-0.2, -0.15) is 0 Å². The summed E-state index contributed by atoms with van der Waals surface area (Å²) in [6.45, 7) is 6.14. The molecule has 0 aliphatic heterocycles. The number of hydrogen-bond donors (Lipinski definition) is 1. The van der Waals surface area contributed by atoms with E-state index in [0.717, 1.165) is 34.0 Å². The van der Waals surface area contributed by atoms with E-state index in [4.69, 9.17) is 4.74 Å². The van der Waals surface area contributed by atoms with Crippen LogP contribution in [-0.2, 0) is 21.2 Å². The van der Waals surface area contributed by atoms with Crippen molar-refractivity contribution in [2.45, 2.75) is 38.5 Å². The van der Waals surface area contributed by atoms with Gasteiger partial charge in [0.25, 0.3) is 10.0 Å². The van der Waals surface area contributed by atoms with Crippen molar-refractivity contribution in [3.05, 3.63) is 89.5 Å². The van der Waals surface area contributed by atoms with Crippen LogP contribution in [0.4, 0.5) is 5.69 Å². The van der Waals surface area contributed by atoms with E-state index < -0.39 is 15.9 Å².